The van der Waals surface area contributed by atoms with E-state index in [9.17, 15) is 20.0 Å². The zero-order chi connectivity index (χ0) is 13.2. The fourth-order valence-corrected chi connectivity index (χ4v) is 2.36. The molecular weight excluding hydrogens is 228 g/mol. The van der Waals surface area contributed by atoms with Crippen LogP contribution in [0.15, 0.2) is 10.4 Å². The molecule has 1 fully saturated rings. The Hall–Kier alpha value is -0.920. The van der Waals surface area contributed by atoms with Crippen LogP contribution in [-0.4, -0.2) is 41.3 Å². The first-order valence-corrected chi connectivity index (χ1v) is 5.46. The zero-order valence-electron chi connectivity index (χ0n) is 10.1. The van der Waals surface area contributed by atoms with Crippen LogP contribution in [-0.2, 0) is 4.74 Å². The number of ether oxygens (including phenoxy) is 1. The van der Waals surface area contributed by atoms with Crippen LogP contribution in [0.25, 0.3) is 0 Å². The minimum absolute atomic E-state index is 0.179. The molecule has 98 valence electrons. The normalized spacial score (nSPS) is 38.8. The van der Waals surface area contributed by atoms with Crippen molar-refractivity contribution in [2.45, 2.75) is 45.3 Å². The van der Waals surface area contributed by atoms with Crippen LogP contribution in [0.4, 0.5) is 0 Å². The number of rotatable bonds is 3. The van der Waals surface area contributed by atoms with Gasteiger partial charge in [0.2, 0.25) is 0 Å². The number of nitrogens with zero attached hydrogens (tertiary/aromatic N) is 2. The predicted octanol–water partition coefficient (Wildman–Crippen LogP) is 0.628. The van der Waals surface area contributed by atoms with Gasteiger partial charge in [-0.15, -0.1) is 0 Å². The zero-order valence-corrected chi connectivity index (χ0v) is 10.1. The third-order valence-corrected chi connectivity index (χ3v) is 3.10. The smallest absolute Gasteiger partial charge is 0.183 e. The third kappa shape index (κ3) is 2.85. The fraction of sp³-hybridized carbons (Fsp3) is 1.00. The highest BCUT2D eigenvalue weighted by atomic mass is 16.6. The molecule has 1 heterocycles. The van der Waals surface area contributed by atoms with Gasteiger partial charge in [0.05, 0.1) is 12.2 Å². The lowest BCUT2D eigenvalue weighted by molar-refractivity contribution is -0.237. The molecule has 0 aromatic carbocycles. The highest BCUT2D eigenvalue weighted by Crippen LogP contribution is 2.39. The highest BCUT2D eigenvalue weighted by Gasteiger charge is 2.50. The van der Waals surface area contributed by atoms with E-state index in [-0.39, 0.29) is 6.54 Å². The van der Waals surface area contributed by atoms with Crippen LogP contribution >= 0.6 is 0 Å². The number of aliphatic hydroxyl groups excluding tert-OH is 2. The average molecular weight is 246 g/mol. The van der Waals surface area contributed by atoms with Gasteiger partial charge in [0, 0.05) is 5.92 Å². The molecule has 2 N–H and O–H groups in total. The second kappa shape index (κ2) is 5.16. The Kier molecular flexibility index (Phi) is 4.29. The topological polar surface area (TPSA) is 109 Å². The van der Waals surface area contributed by atoms with Crippen LogP contribution in [0.2, 0.25) is 0 Å². The molecule has 1 aliphatic heterocycles. The molecule has 0 aliphatic carbocycles. The monoisotopic (exact) mass is 246 g/mol. The number of aliphatic hydroxyl groups is 2. The minimum atomic E-state index is -1.49. The summed E-state index contributed by atoms with van der Waals surface area (Å²) >= 11 is 0. The van der Waals surface area contributed by atoms with E-state index >= 15 is 0 Å². The Morgan fingerprint density at radius 1 is 1.24 bits per heavy atom. The first kappa shape index (κ1) is 14.1. The van der Waals surface area contributed by atoms with Gasteiger partial charge in [-0.2, -0.15) is 9.81 Å². The Labute approximate surface area is 99.1 Å². The van der Waals surface area contributed by atoms with Gasteiger partial charge < -0.3 is 14.9 Å². The summed E-state index contributed by atoms with van der Waals surface area (Å²) in [5.41, 5.74) is -0.405. The van der Waals surface area contributed by atoms with Crippen molar-refractivity contribution >= 4 is 0 Å². The minimum Gasteiger partial charge on any atom is -0.390 e. The largest absolute Gasteiger partial charge is 0.390 e. The van der Waals surface area contributed by atoms with Crippen molar-refractivity contribution in [2.75, 3.05) is 6.54 Å². The molecule has 1 saturated heterocycles. The van der Waals surface area contributed by atoms with Crippen molar-refractivity contribution in [3.05, 3.63) is 9.81 Å². The molecule has 0 radical (unpaired) electrons. The lowest BCUT2D eigenvalue weighted by Crippen LogP contribution is -2.58. The maximum Gasteiger partial charge on any atom is 0.183 e. The third-order valence-electron chi connectivity index (χ3n) is 3.10. The van der Waals surface area contributed by atoms with E-state index in [4.69, 9.17) is 4.74 Å². The van der Waals surface area contributed by atoms with Crippen LogP contribution in [0, 0.1) is 21.1 Å². The summed E-state index contributed by atoms with van der Waals surface area (Å²) in [6.07, 6.45) is -3.36. The molecule has 0 amide bonds. The molecule has 1 aliphatic rings. The van der Waals surface area contributed by atoms with Crippen molar-refractivity contribution in [1.29, 1.82) is 0 Å². The van der Waals surface area contributed by atoms with Crippen LogP contribution < -0.4 is 0 Å². The van der Waals surface area contributed by atoms with Gasteiger partial charge >= 0.3 is 0 Å². The van der Waals surface area contributed by atoms with Crippen molar-refractivity contribution < 1.29 is 14.9 Å². The maximum atomic E-state index is 10.6. The summed E-state index contributed by atoms with van der Waals surface area (Å²) in [5.74, 6) is -0.494. The Bertz CT molecular complexity index is 289. The summed E-state index contributed by atoms with van der Waals surface area (Å²) in [6, 6.07) is -1.23. The van der Waals surface area contributed by atoms with E-state index in [1.807, 2.05) is 20.8 Å². The van der Waals surface area contributed by atoms with Crippen LogP contribution in [0.5, 0.6) is 0 Å². The van der Waals surface area contributed by atoms with Gasteiger partial charge in [-0.3, -0.25) is 0 Å². The van der Waals surface area contributed by atoms with E-state index in [0.29, 0.717) is 0 Å². The maximum absolute atomic E-state index is 10.6. The van der Waals surface area contributed by atoms with Gasteiger partial charge in [-0.05, 0) is 5.41 Å². The molecular formula is C10H18N2O5. The van der Waals surface area contributed by atoms with Gasteiger partial charge in [0.25, 0.3) is 0 Å². The quantitative estimate of drug-likeness (QED) is 0.710. The molecule has 0 bridgehead atoms. The summed E-state index contributed by atoms with van der Waals surface area (Å²) in [5, 5.41) is 25.0. The van der Waals surface area contributed by atoms with Gasteiger partial charge in [0.15, 0.2) is 12.3 Å². The van der Waals surface area contributed by atoms with Gasteiger partial charge in [-0.25, -0.2) is 0 Å². The van der Waals surface area contributed by atoms with Crippen molar-refractivity contribution in [2.24, 2.45) is 21.7 Å². The summed E-state index contributed by atoms with van der Waals surface area (Å²) in [6.45, 7) is 5.37. The standard InChI is InChI=1S/C10H18N2O5/c1-10(2,3)6-5(4-11-15)17-9(14)7(12-16)8(6)13/h5-9,13-14H,4H2,1-3H3. The first-order chi connectivity index (χ1) is 7.82. The first-order valence-electron chi connectivity index (χ1n) is 5.46. The van der Waals surface area contributed by atoms with Gasteiger partial charge in [-0.1, -0.05) is 31.1 Å². The highest BCUT2D eigenvalue weighted by molar-refractivity contribution is 4.97. The summed E-state index contributed by atoms with van der Waals surface area (Å²) in [4.78, 5) is 20.9. The molecule has 0 spiro atoms. The molecule has 17 heavy (non-hydrogen) atoms. The molecule has 0 saturated carbocycles. The summed E-state index contributed by atoms with van der Waals surface area (Å²) < 4.78 is 5.15. The van der Waals surface area contributed by atoms with E-state index in [0.717, 1.165) is 0 Å². The second-order valence-corrected chi connectivity index (χ2v) is 5.36. The van der Waals surface area contributed by atoms with E-state index in [1.54, 1.807) is 0 Å². The Balaban J connectivity index is 3.00. The van der Waals surface area contributed by atoms with E-state index < -0.39 is 35.9 Å². The van der Waals surface area contributed by atoms with Crippen LogP contribution in [0.3, 0.4) is 0 Å². The summed E-state index contributed by atoms with van der Waals surface area (Å²) in [7, 11) is 0. The SMILES string of the molecule is CC(C)(C)C1C(CN=O)OC(O)C(N=O)C1O. The average Bonchev–Trinajstić information content (AvgIpc) is 2.15. The second-order valence-electron chi connectivity index (χ2n) is 5.36. The molecule has 0 aromatic heterocycles. The molecule has 1 rings (SSSR count). The molecule has 5 atom stereocenters. The molecule has 0 aromatic rings. The Morgan fingerprint density at radius 3 is 2.24 bits per heavy atom. The van der Waals surface area contributed by atoms with E-state index in [1.165, 1.54) is 0 Å². The lowest BCUT2D eigenvalue weighted by Gasteiger charge is -2.45. The number of hydrogen-bond donors (Lipinski definition) is 2. The van der Waals surface area contributed by atoms with E-state index in [2.05, 4.69) is 10.4 Å². The van der Waals surface area contributed by atoms with Crippen LogP contribution in [0.1, 0.15) is 20.8 Å². The van der Waals surface area contributed by atoms with Crippen molar-refractivity contribution in [3.63, 3.8) is 0 Å². The van der Waals surface area contributed by atoms with Crippen molar-refractivity contribution in [3.8, 4) is 0 Å². The molecule has 5 unspecified atom stereocenters. The predicted molar refractivity (Wildman–Crippen MR) is 60.1 cm³/mol. The van der Waals surface area contributed by atoms with Gasteiger partial charge in [0.1, 0.15) is 6.54 Å². The molecule has 7 nitrogen and oxygen atoms in total. The fourth-order valence-electron chi connectivity index (χ4n) is 2.36. The number of nitroso groups, excluding NO2 is 2. The molecule has 7 heteroatoms. The Morgan fingerprint density at radius 2 is 1.82 bits per heavy atom. The number of hydrogen-bond acceptors (Lipinski definition) is 7. The lowest BCUT2D eigenvalue weighted by atomic mass is 9.71. The van der Waals surface area contributed by atoms with Crippen molar-refractivity contribution in [1.82, 2.24) is 0 Å².